The normalized spacial score (nSPS) is 43.6. The van der Waals surface area contributed by atoms with Crippen LogP contribution in [0.15, 0.2) is 11.6 Å². The van der Waals surface area contributed by atoms with Crippen molar-refractivity contribution in [1.29, 1.82) is 0 Å². The molecule has 7 unspecified atom stereocenters. The average Bonchev–Trinajstić information content (AvgIpc) is 3.03. The lowest BCUT2D eigenvalue weighted by molar-refractivity contribution is -0.0508. The SMILES string of the molecule is CC(C)CCCCC1CCC2C3CC=C4CC(O)CCC4(C)C3CCC12C.NO. The summed E-state index contributed by atoms with van der Waals surface area (Å²) in [6.45, 7) is 9.97. The van der Waals surface area contributed by atoms with Gasteiger partial charge in [0.15, 0.2) is 0 Å². The van der Waals surface area contributed by atoms with E-state index in [1.54, 1.807) is 5.57 Å². The highest BCUT2D eigenvalue weighted by atomic mass is 16.4. The monoisotopic (exact) mass is 405 g/mol. The Morgan fingerprint density at radius 3 is 2.52 bits per heavy atom. The van der Waals surface area contributed by atoms with Crippen LogP contribution in [-0.2, 0) is 0 Å². The average molecular weight is 406 g/mol. The summed E-state index contributed by atoms with van der Waals surface area (Å²) in [5.74, 6) is 8.14. The van der Waals surface area contributed by atoms with Crippen molar-refractivity contribution >= 4 is 0 Å². The Labute approximate surface area is 179 Å². The predicted octanol–water partition coefficient (Wildman–Crippen LogP) is 6.48. The molecule has 168 valence electrons. The molecule has 0 aliphatic heterocycles. The highest BCUT2D eigenvalue weighted by Gasteiger charge is 2.58. The van der Waals surface area contributed by atoms with Gasteiger partial charge in [-0.25, -0.2) is 5.90 Å². The lowest BCUT2D eigenvalue weighted by Gasteiger charge is -2.58. The number of unbranched alkanes of at least 4 members (excludes halogenated alkanes) is 1. The maximum Gasteiger partial charge on any atom is 0.0577 e. The van der Waals surface area contributed by atoms with Gasteiger partial charge >= 0.3 is 0 Å². The number of hydrogen-bond acceptors (Lipinski definition) is 3. The lowest BCUT2D eigenvalue weighted by atomic mass is 9.47. The van der Waals surface area contributed by atoms with Crippen molar-refractivity contribution in [3.05, 3.63) is 11.6 Å². The van der Waals surface area contributed by atoms with Gasteiger partial charge in [0, 0.05) is 0 Å². The molecule has 0 bridgehead atoms. The molecule has 3 nitrogen and oxygen atoms in total. The molecule has 0 heterocycles. The molecule has 4 N–H and O–H groups in total. The molecular weight excluding hydrogens is 358 g/mol. The maximum absolute atomic E-state index is 10.2. The summed E-state index contributed by atoms with van der Waals surface area (Å²) in [5, 5.41) is 16.7. The van der Waals surface area contributed by atoms with Crippen molar-refractivity contribution in [3.63, 3.8) is 0 Å². The van der Waals surface area contributed by atoms with Gasteiger partial charge in [-0.1, -0.05) is 58.6 Å². The quantitative estimate of drug-likeness (QED) is 0.279. The predicted molar refractivity (Wildman–Crippen MR) is 120 cm³/mol. The highest BCUT2D eigenvalue weighted by Crippen LogP contribution is 2.66. The van der Waals surface area contributed by atoms with Gasteiger partial charge in [0.05, 0.1) is 6.10 Å². The Balaban J connectivity index is 0.00000117. The van der Waals surface area contributed by atoms with E-state index in [0.717, 1.165) is 42.4 Å². The fourth-order valence-electron chi connectivity index (χ4n) is 8.17. The molecule has 7 atom stereocenters. The van der Waals surface area contributed by atoms with Crippen LogP contribution in [0.5, 0.6) is 0 Å². The second kappa shape index (κ2) is 9.40. The van der Waals surface area contributed by atoms with Crippen LogP contribution < -0.4 is 5.90 Å². The molecule has 0 spiro atoms. The summed E-state index contributed by atoms with van der Waals surface area (Å²) in [4.78, 5) is 0. The lowest BCUT2D eigenvalue weighted by Crippen LogP contribution is -2.50. The first-order valence-electron chi connectivity index (χ1n) is 12.5. The second-order valence-electron chi connectivity index (χ2n) is 11.7. The summed E-state index contributed by atoms with van der Waals surface area (Å²) >= 11 is 0. The van der Waals surface area contributed by atoms with Crippen LogP contribution in [0, 0.1) is 40.4 Å². The molecular formula is C26H47NO2. The van der Waals surface area contributed by atoms with Crippen LogP contribution in [0.3, 0.4) is 0 Å². The third kappa shape index (κ3) is 4.34. The van der Waals surface area contributed by atoms with Crippen molar-refractivity contribution in [2.24, 2.45) is 46.3 Å². The van der Waals surface area contributed by atoms with Crippen LogP contribution >= 0.6 is 0 Å². The van der Waals surface area contributed by atoms with Gasteiger partial charge in [-0.05, 0) is 98.2 Å². The second-order valence-corrected chi connectivity index (χ2v) is 11.7. The molecule has 4 aliphatic carbocycles. The van der Waals surface area contributed by atoms with Crippen molar-refractivity contribution < 1.29 is 10.3 Å². The minimum Gasteiger partial charge on any atom is -0.393 e. The van der Waals surface area contributed by atoms with Gasteiger partial charge in [-0.2, -0.15) is 0 Å². The molecule has 0 aromatic heterocycles. The molecule has 0 amide bonds. The molecule has 3 heteroatoms. The highest BCUT2D eigenvalue weighted by molar-refractivity contribution is 5.25. The maximum atomic E-state index is 10.2. The van der Waals surface area contributed by atoms with Crippen LogP contribution in [0.1, 0.15) is 105 Å². The summed E-state index contributed by atoms with van der Waals surface area (Å²) in [6.07, 6.45) is 18.7. The van der Waals surface area contributed by atoms with Crippen LogP contribution in [-0.4, -0.2) is 16.4 Å². The van der Waals surface area contributed by atoms with E-state index >= 15 is 0 Å². The van der Waals surface area contributed by atoms with E-state index in [4.69, 9.17) is 5.21 Å². The number of aliphatic hydroxyl groups excluding tert-OH is 1. The van der Waals surface area contributed by atoms with Crippen molar-refractivity contribution in [2.45, 2.75) is 111 Å². The molecule has 29 heavy (non-hydrogen) atoms. The standard InChI is InChI=1S/C26H44O.H3NO/c1-18(2)7-5-6-8-19-10-12-23-22-11-9-20-17-21(27)13-15-26(20,4)24(22)14-16-25(19,23)3;1-2/h9,18-19,21-24,27H,5-8,10-17H2,1-4H3;2H,1H2. The van der Waals surface area contributed by atoms with Gasteiger partial charge in [0.1, 0.15) is 0 Å². The Morgan fingerprint density at radius 2 is 1.79 bits per heavy atom. The largest absolute Gasteiger partial charge is 0.393 e. The number of hydrogen-bond donors (Lipinski definition) is 3. The fourth-order valence-corrected chi connectivity index (χ4v) is 8.17. The van der Waals surface area contributed by atoms with Crippen molar-refractivity contribution in [1.82, 2.24) is 0 Å². The summed E-state index contributed by atoms with van der Waals surface area (Å²) in [6, 6.07) is 0. The third-order valence-corrected chi connectivity index (χ3v) is 9.86. The Morgan fingerprint density at radius 1 is 1.03 bits per heavy atom. The first kappa shape index (κ1) is 23.3. The van der Waals surface area contributed by atoms with E-state index in [-0.39, 0.29) is 6.10 Å². The van der Waals surface area contributed by atoms with Gasteiger partial charge in [0.25, 0.3) is 0 Å². The molecule has 0 aromatic carbocycles. The number of aliphatic hydroxyl groups is 1. The van der Waals surface area contributed by atoms with Gasteiger partial charge < -0.3 is 10.3 Å². The van der Waals surface area contributed by atoms with E-state index in [0.29, 0.717) is 10.8 Å². The first-order valence-corrected chi connectivity index (χ1v) is 12.5. The van der Waals surface area contributed by atoms with E-state index in [9.17, 15) is 5.11 Å². The van der Waals surface area contributed by atoms with Crippen molar-refractivity contribution in [3.8, 4) is 0 Å². The molecule has 4 rings (SSSR count). The zero-order chi connectivity index (χ0) is 21.2. The van der Waals surface area contributed by atoms with Gasteiger partial charge in [0.2, 0.25) is 0 Å². The van der Waals surface area contributed by atoms with Gasteiger partial charge in [-0.3, -0.25) is 0 Å². The zero-order valence-corrected chi connectivity index (χ0v) is 19.5. The molecule has 3 saturated carbocycles. The molecule has 0 aromatic rings. The van der Waals surface area contributed by atoms with Crippen molar-refractivity contribution in [2.75, 3.05) is 0 Å². The number of nitrogens with two attached hydrogens (primary N) is 1. The summed E-state index contributed by atoms with van der Waals surface area (Å²) < 4.78 is 0. The third-order valence-electron chi connectivity index (χ3n) is 9.86. The Kier molecular flexibility index (Phi) is 7.55. The summed E-state index contributed by atoms with van der Waals surface area (Å²) in [7, 11) is 0. The van der Waals surface area contributed by atoms with E-state index in [2.05, 4.69) is 39.7 Å². The number of fused-ring (bicyclic) bond motifs is 5. The molecule has 0 saturated heterocycles. The zero-order valence-electron chi connectivity index (χ0n) is 19.5. The minimum atomic E-state index is -0.0727. The minimum absolute atomic E-state index is 0.0727. The fraction of sp³-hybridized carbons (Fsp3) is 0.923. The Bertz CT molecular complexity index is 573. The van der Waals surface area contributed by atoms with E-state index in [1.165, 1.54) is 64.2 Å². The Hall–Kier alpha value is -0.380. The topological polar surface area (TPSA) is 66.5 Å². The number of allylic oxidation sites excluding steroid dienone is 1. The van der Waals surface area contributed by atoms with Gasteiger partial charge in [-0.15, -0.1) is 0 Å². The van der Waals surface area contributed by atoms with Crippen LogP contribution in [0.2, 0.25) is 0 Å². The molecule has 3 fully saturated rings. The van der Waals surface area contributed by atoms with Crippen LogP contribution in [0.4, 0.5) is 0 Å². The first-order chi connectivity index (χ1) is 13.8. The number of rotatable bonds is 5. The smallest absolute Gasteiger partial charge is 0.0577 e. The summed E-state index contributed by atoms with van der Waals surface area (Å²) in [5.41, 5.74) is 2.64. The van der Waals surface area contributed by atoms with Crippen LogP contribution in [0.25, 0.3) is 0 Å². The molecule has 0 radical (unpaired) electrons. The van der Waals surface area contributed by atoms with E-state index in [1.807, 2.05) is 0 Å². The van der Waals surface area contributed by atoms with E-state index < -0.39 is 0 Å². The molecule has 4 aliphatic rings.